The normalized spacial score (nSPS) is 16.8. The van der Waals surface area contributed by atoms with Crippen LogP contribution in [-0.2, 0) is 0 Å². The van der Waals surface area contributed by atoms with Crippen LogP contribution in [-0.4, -0.2) is 20.4 Å². The van der Waals surface area contributed by atoms with Crippen molar-refractivity contribution < 1.29 is 20.4 Å². The zero-order valence-corrected chi connectivity index (χ0v) is 13.8. The number of benzene rings is 2. The molecular formula is C20H22O4. The van der Waals surface area contributed by atoms with Gasteiger partial charge in [0.05, 0.1) is 0 Å². The Morgan fingerprint density at radius 3 is 2.25 bits per heavy atom. The van der Waals surface area contributed by atoms with Gasteiger partial charge in [-0.05, 0) is 71.2 Å². The van der Waals surface area contributed by atoms with Crippen LogP contribution in [0.1, 0.15) is 49.3 Å². The fraction of sp³-hybridized carbons (Fsp3) is 0.300. The van der Waals surface area contributed by atoms with Crippen molar-refractivity contribution in [3.63, 3.8) is 0 Å². The number of phenols is 4. The first-order valence-electron chi connectivity index (χ1n) is 8.14. The molecule has 0 amide bonds. The summed E-state index contributed by atoms with van der Waals surface area (Å²) in [5.74, 6) is 0.198. The van der Waals surface area contributed by atoms with Crippen LogP contribution in [0.5, 0.6) is 23.0 Å². The van der Waals surface area contributed by atoms with Gasteiger partial charge < -0.3 is 20.4 Å². The molecule has 0 fully saturated rings. The smallest absolute Gasteiger partial charge is 0.158 e. The van der Waals surface area contributed by atoms with Crippen LogP contribution in [0.2, 0.25) is 0 Å². The summed E-state index contributed by atoms with van der Waals surface area (Å²) in [5, 5.41) is 38.9. The van der Waals surface area contributed by atoms with Crippen molar-refractivity contribution >= 4 is 11.6 Å². The van der Waals surface area contributed by atoms with Crippen LogP contribution < -0.4 is 0 Å². The van der Waals surface area contributed by atoms with Gasteiger partial charge in [-0.1, -0.05) is 26.0 Å². The van der Waals surface area contributed by atoms with Gasteiger partial charge >= 0.3 is 0 Å². The maximum absolute atomic E-state index is 9.85. The maximum atomic E-state index is 9.85. The van der Waals surface area contributed by atoms with E-state index in [4.69, 9.17) is 0 Å². The largest absolute Gasteiger partial charge is 0.504 e. The van der Waals surface area contributed by atoms with Crippen LogP contribution in [0.4, 0.5) is 0 Å². The highest BCUT2D eigenvalue weighted by Crippen LogP contribution is 2.45. The summed E-state index contributed by atoms with van der Waals surface area (Å²) >= 11 is 0. The molecule has 2 aromatic rings. The third-order valence-electron chi connectivity index (χ3n) is 4.52. The first kappa shape index (κ1) is 16.2. The third-order valence-corrected chi connectivity index (χ3v) is 4.52. The number of phenolic OH excluding ortho intramolecular Hbond substituents is 4. The third kappa shape index (κ3) is 3.04. The van der Waals surface area contributed by atoms with Crippen molar-refractivity contribution in [2.45, 2.75) is 32.6 Å². The molecule has 0 aliphatic heterocycles. The average molecular weight is 326 g/mol. The average Bonchev–Trinajstić information content (AvgIpc) is 2.51. The Morgan fingerprint density at radius 2 is 1.58 bits per heavy atom. The lowest BCUT2D eigenvalue weighted by atomic mass is 9.77. The van der Waals surface area contributed by atoms with E-state index < -0.39 is 0 Å². The molecule has 0 saturated heterocycles. The van der Waals surface area contributed by atoms with E-state index in [1.165, 1.54) is 6.07 Å². The number of hydrogen-bond donors (Lipinski definition) is 4. The predicted octanol–water partition coefficient (Wildman–Crippen LogP) is 4.58. The number of aromatic hydroxyl groups is 4. The van der Waals surface area contributed by atoms with Crippen molar-refractivity contribution in [3.8, 4) is 23.0 Å². The van der Waals surface area contributed by atoms with Crippen LogP contribution in [0.25, 0.3) is 11.6 Å². The van der Waals surface area contributed by atoms with Gasteiger partial charge in [0.15, 0.2) is 23.0 Å². The zero-order chi connectivity index (χ0) is 17.4. The van der Waals surface area contributed by atoms with Crippen LogP contribution in [0.15, 0.2) is 30.3 Å². The molecular weight excluding hydrogens is 304 g/mol. The summed E-state index contributed by atoms with van der Waals surface area (Å²) < 4.78 is 0. The van der Waals surface area contributed by atoms with E-state index in [9.17, 15) is 20.4 Å². The highest BCUT2D eigenvalue weighted by Gasteiger charge is 2.25. The zero-order valence-electron chi connectivity index (χ0n) is 13.8. The fourth-order valence-corrected chi connectivity index (χ4v) is 3.41. The predicted molar refractivity (Wildman–Crippen MR) is 94.2 cm³/mol. The molecule has 0 saturated carbocycles. The van der Waals surface area contributed by atoms with Crippen molar-refractivity contribution in [1.29, 1.82) is 0 Å². The van der Waals surface area contributed by atoms with Gasteiger partial charge in [0.1, 0.15) is 0 Å². The topological polar surface area (TPSA) is 80.9 Å². The standard InChI is InChI=1S/C20H22O4/c1-11(2)5-14-6-13(12-3-4-17(21)18(22)8-12)7-15-9-19(23)20(24)10-16(14)15/h3-4,7-11,14,21-24H,5-6H2,1-2H3. The van der Waals surface area contributed by atoms with Crippen molar-refractivity contribution in [2.24, 2.45) is 5.92 Å². The van der Waals surface area contributed by atoms with Crippen LogP contribution in [0.3, 0.4) is 0 Å². The SMILES string of the molecule is CC(C)CC1CC(c2ccc(O)c(O)c2)=Cc2cc(O)c(O)cc21. The summed E-state index contributed by atoms with van der Waals surface area (Å²) in [6.45, 7) is 4.31. The molecule has 0 radical (unpaired) electrons. The first-order chi connectivity index (χ1) is 11.3. The van der Waals surface area contributed by atoms with Gasteiger partial charge in [-0.25, -0.2) is 0 Å². The lowest BCUT2D eigenvalue weighted by Crippen LogP contribution is -2.10. The molecule has 0 aromatic heterocycles. The monoisotopic (exact) mass is 326 g/mol. The molecule has 1 aliphatic carbocycles. The van der Waals surface area contributed by atoms with Crippen LogP contribution >= 0.6 is 0 Å². The van der Waals surface area contributed by atoms with Gasteiger partial charge in [0, 0.05) is 0 Å². The molecule has 4 nitrogen and oxygen atoms in total. The minimum Gasteiger partial charge on any atom is -0.504 e. The second kappa shape index (κ2) is 6.11. The fourth-order valence-electron chi connectivity index (χ4n) is 3.41. The Bertz CT molecular complexity index is 806. The Hall–Kier alpha value is -2.62. The van der Waals surface area contributed by atoms with Crippen molar-refractivity contribution in [1.82, 2.24) is 0 Å². The quantitative estimate of drug-likeness (QED) is 0.622. The minimum atomic E-state index is -0.145. The van der Waals surface area contributed by atoms with E-state index in [-0.39, 0.29) is 28.9 Å². The van der Waals surface area contributed by atoms with Gasteiger partial charge in [-0.15, -0.1) is 0 Å². The second-order valence-corrected chi connectivity index (χ2v) is 6.87. The maximum Gasteiger partial charge on any atom is 0.158 e. The molecule has 24 heavy (non-hydrogen) atoms. The number of fused-ring (bicyclic) bond motifs is 1. The van der Waals surface area contributed by atoms with Crippen LogP contribution in [0, 0.1) is 5.92 Å². The summed E-state index contributed by atoms with van der Waals surface area (Å²) in [7, 11) is 0. The van der Waals surface area contributed by atoms with Crippen molar-refractivity contribution in [2.75, 3.05) is 0 Å². The van der Waals surface area contributed by atoms with E-state index in [1.807, 2.05) is 6.08 Å². The molecule has 4 heteroatoms. The summed E-state index contributed by atoms with van der Waals surface area (Å²) in [6.07, 6.45) is 3.70. The van der Waals surface area contributed by atoms with E-state index >= 15 is 0 Å². The molecule has 1 aliphatic rings. The Kier molecular flexibility index (Phi) is 4.14. The lowest BCUT2D eigenvalue weighted by Gasteiger charge is -2.28. The highest BCUT2D eigenvalue weighted by molar-refractivity contribution is 5.86. The van der Waals surface area contributed by atoms with E-state index in [0.717, 1.165) is 35.1 Å². The lowest BCUT2D eigenvalue weighted by molar-refractivity contribution is 0.401. The Labute approximate surface area is 141 Å². The van der Waals surface area contributed by atoms with Crippen molar-refractivity contribution in [3.05, 3.63) is 47.0 Å². The molecule has 2 aromatic carbocycles. The second-order valence-electron chi connectivity index (χ2n) is 6.87. The molecule has 0 spiro atoms. The molecule has 1 unspecified atom stereocenters. The van der Waals surface area contributed by atoms with E-state index in [2.05, 4.69) is 13.8 Å². The molecule has 3 rings (SSSR count). The number of rotatable bonds is 3. The Morgan fingerprint density at radius 1 is 0.917 bits per heavy atom. The molecule has 1 atom stereocenters. The molecule has 126 valence electrons. The van der Waals surface area contributed by atoms with Gasteiger partial charge in [-0.2, -0.15) is 0 Å². The summed E-state index contributed by atoms with van der Waals surface area (Å²) in [4.78, 5) is 0. The molecule has 4 N–H and O–H groups in total. The van der Waals surface area contributed by atoms with Gasteiger partial charge in [0.25, 0.3) is 0 Å². The number of allylic oxidation sites excluding steroid dienone is 1. The highest BCUT2D eigenvalue weighted by atomic mass is 16.3. The van der Waals surface area contributed by atoms with Gasteiger partial charge in [-0.3, -0.25) is 0 Å². The molecule has 0 heterocycles. The minimum absolute atomic E-state index is 0.0957. The molecule has 0 bridgehead atoms. The number of hydrogen-bond acceptors (Lipinski definition) is 4. The first-order valence-corrected chi connectivity index (χ1v) is 8.14. The summed E-state index contributed by atoms with van der Waals surface area (Å²) in [5.41, 5.74) is 3.79. The van der Waals surface area contributed by atoms with E-state index in [1.54, 1.807) is 24.3 Å². The Balaban J connectivity index is 2.09. The van der Waals surface area contributed by atoms with E-state index in [0.29, 0.717) is 5.92 Å². The summed E-state index contributed by atoms with van der Waals surface area (Å²) in [6, 6.07) is 8.04. The van der Waals surface area contributed by atoms with Gasteiger partial charge in [0.2, 0.25) is 0 Å².